The lowest BCUT2D eigenvalue weighted by molar-refractivity contribution is -0.142. The molecular formula is C13H17BrN2O3S. The molecule has 0 unspecified atom stereocenters. The standard InChI is InChI=1S/C13H17BrN2O3S/c1-8-4-16(6-11(8)12(17)18)13(19)15(2)5-10-3-9(14)7-20-10/h3,7-8,11H,4-6H2,1-2H3,(H,17,18)/t8-,11-/m1/s1. The van der Waals surface area contributed by atoms with Crippen LogP contribution in [0.4, 0.5) is 4.79 Å². The Bertz CT molecular complexity index is 519. The van der Waals surface area contributed by atoms with Crippen LogP contribution < -0.4 is 0 Å². The highest BCUT2D eigenvalue weighted by molar-refractivity contribution is 9.10. The lowest BCUT2D eigenvalue weighted by atomic mass is 9.99. The van der Waals surface area contributed by atoms with Crippen LogP contribution in [0.15, 0.2) is 15.9 Å². The molecule has 1 aromatic rings. The van der Waals surface area contributed by atoms with E-state index in [0.717, 1.165) is 9.35 Å². The van der Waals surface area contributed by atoms with E-state index in [4.69, 9.17) is 5.11 Å². The maximum Gasteiger partial charge on any atom is 0.320 e. The predicted octanol–water partition coefficient (Wildman–Crippen LogP) is 2.71. The van der Waals surface area contributed by atoms with Crippen molar-refractivity contribution < 1.29 is 14.7 Å². The first-order valence-corrected chi connectivity index (χ1v) is 8.01. The average molecular weight is 361 g/mol. The summed E-state index contributed by atoms with van der Waals surface area (Å²) in [5, 5.41) is 11.1. The van der Waals surface area contributed by atoms with Gasteiger partial charge in [-0.25, -0.2) is 4.79 Å². The normalized spacial score (nSPS) is 22.1. The molecule has 1 saturated heterocycles. The van der Waals surface area contributed by atoms with Gasteiger partial charge in [0.15, 0.2) is 0 Å². The third-order valence-corrected chi connectivity index (χ3v) is 5.22. The highest BCUT2D eigenvalue weighted by atomic mass is 79.9. The van der Waals surface area contributed by atoms with Crippen LogP contribution in [0.25, 0.3) is 0 Å². The van der Waals surface area contributed by atoms with Crippen LogP contribution >= 0.6 is 27.3 Å². The third-order valence-electron chi connectivity index (χ3n) is 3.54. The second-order valence-corrected chi connectivity index (χ2v) is 7.11. The maximum atomic E-state index is 12.3. The Kier molecular flexibility index (Phi) is 4.70. The van der Waals surface area contributed by atoms with Gasteiger partial charge >= 0.3 is 12.0 Å². The second-order valence-electron chi connectivity index (χ2n) is 5.20. The topological polar surface area (TPSA) is 60.9 Å². The average Bonchev–Trinajstić information content (AvgIpc) is 2.94. The molecule has 0 aliphatic carbocycles. The molecule has 5 nitrogen and oxygen atoms in total. The molecule has 1 aliphatic rings. The van der Waals surface area contributed by atoms with Crippen molar-refractivity contribution >= 4 is 39.3 Å². The summed E-state index contributed by atoms with van der Waals surface area (Å²) in [6.07, 6.45) is 0. The molecule has 0 radical (unpaired) electrons. The number of urea groups is 1. The van der Waals surface area contributed by atoms with Gasteiger partial charge < -0.3 is 14.9 Å². The van der Waals surface area contributed by atoms with Gasteiger partial charge in [0.1, 0.15) is 0 Å². The molecule has 1 fully saturated rings. The van der Waals surface area contributed by atoms with E-state index in [1.54, 1.807) is 28.2 Å². The van der Waals surface area contributed by atoms with Crippen LogP contribution in [0.1, 0.15) is 11.8 Å². The molecule has 7 heteroatoms. The zero-order valence-electron chi connectivity index (χ0n) is 11.4. The molecule has 0 spiro atoms. The zero-order chi connectivity index (χ0) is 14.9. The Morgan fingerprint density at radius 3 is 2.75 bits per heavy atom. The Balaban J connectivity index is 1.96. The maximum absolute atomic E-state index is 12.3. The number of carboxylic acid groups (broad SMARTS) is 1. The number of rotatable bonds is 3. The first-order chi connectivity index (χ1) is 9.38. The summed E-state index contributed by atoms with van der Waals surface area (Å²) in [5.74, 6) is -1.28. The summed E-state index contributed by atoms with van der Waals surface area (Å²) in [6, 6.07) is 1.88. The number of hydrogen-bond donors (Lipinski definition) is 1. The molecule has 1 N–H and O–H groups in total. The molecular weight excluding hydrogens is 344 g/mol. The van der Waals surface area contributed by atoms with Crippen LogP contribution in [0.5, 0.6) is 0 Å². The summed E-state index contributed by atoms with van der Waals surface area (Å²) >= 11 is 4.98. The molecule has 1 aromatic heterocycles. The SMILES string of the molecule is C[C@@H]1CN(C(=O)N(C)Cc2cc(Br)cs2)C[C@H]1C(=O)O. The lowest BCUT2D eigenvalue weighted by Crippen LogP contribution is -2.39. The summed E-state index contributed by atoms with van der Waals surface area (Å²) < 4.78 is 1.01. The first kappa shape index (κ1) is 15.3. The molecule has 20 heavy (non-hydrogen) atoms. The van der Waals surface area contributed by atoms with Gasteiger partial charge in [-0.1, -0.05) is 6.92 Å². The minimum Gasteiger partial charge on any atom is -0.481 e. The number of carbonyl (C=O) groups excluding carboxylic acids is 1. The van der Waals surface area contributed by atoms with Gasteiger partial charge in [-0.3, -0.25) is 4.79 Å². The van der Waals surface area contributed by atoms with Crippen LogP contribution in [0, 0.1) is 11.8 Å². The minimum atomic E-state index is -0.822. The molecule has 0 bridgehead atoms. The van der Waals surface area contributed by atoms with Crippen molar-refractivity contribution in [2.24, 2.45) is 11.8 Å². The molecule has 2 rings (SSSR count). The van der Waals surface area contributed by atoms with Crippen molar-refractivity contribution in [3.63, 3.8) is 0 Å². The van der Waals surface area contributed by atoms with Gasteiger partial charge in [-0.15, -0.1) is 11.3 Å². The summed E-state index contributed by atoms with van der Waals surface area (Å²) in [7, 11) is 1.74. The number of carbonyl (C=O) groups is 2. The van der Waals surface area contributed by atoms with E-state index in [0.29, 0.717) is 19.6 Å². The van der Waals surface area contributed by atoms with Crippen molar-refractivity contribution in [2.75, 3.05) is 20.1 Å². The number of likely N-dealkylation sites (tertiary alicyclic amines) is 1. The van der Waals surface area contributed by atoms with Gasteiger partial charge in [0.05, 0.1) is 12.5 Å². The minimum absolute atomic E-state index is 0.000678. The van der Waals surface area contributed by atoms with Crippen LogP contribution in [-0.4, -0.2) is 47.0 Å². The van der Waals surface area contributed by atoms with E-state index >= 15 is 0 Å². The molecule has 110 valence electrons. The van der Waals surface area contributed by atoms with Crippen molar-refractivity contribution in [3.8, 4) is 0 Å². The van der Waals surface area contributed by atoms with E-state index in [1.165, 1.54) is 0 Å². The molecule has 2 heterocycles. The monoisotopic (exact) mass is 360 g/mol. The van der Waals surface area contributed by atoms with E-state index in [9.17, 15) is 9.59 Å². The van der Waals surface area contributed by atoms with Crippen LogP contribution in [-0.2, 0) is 11.3 Å². The number of hydrogen-bond acceptors (Lipinski definition) is 3. The van der Waals surface area contributed by atoms with Gasteiger partial charge in [-0.2, -0.15) is 0 Å². The summed E-state index contributed by atoms with van der Waals surface area (Å²) in [5.41, 5.74) is 0. The Morgan fingerprint density at radius 2 is 2.25 bits per heavy atom. The number of aliphatic carboxylic acids is 1. The molecule has 0 aromatic carbocycles. The third kappa shape index (κ3) is 3.32. The van der Waals surface area contributed by atoms with Crippen LogP contribution in [0.2, 0.25) is 0 Å². The number of carboxylic acids is 1. The van der Waals surface area contributed by atoms with E-state index < -0.39 is 11.9 Å². The summed E-state index contributed by atoms with van der Waals surface area (Å²) in [4.78, 5) is 27.8. The van der Waals surface area contributed by atoms with Crippen LogP contribution in [0.3, 0.4) is 0 Å². The van der Waals surface area contributed by atoms with Gasteiger partial charge in [-0.05, 0) is 27.9 Å². The largest absolute Gasteiger partial charge is 0.481 e. The van der Waals surface area contributed by atoms with E-state index in [-0.39, 0.29) is 11.9 Å². The second kappa shape index (κ2) is 6.13. The number of amides is 2. The fraction of sp³-hybridized carbons (Fsp3) is 0.538. The van der Waals surface area contributed by atoms with Crippen molar-refractivity contribution in [1.82, 2.24) is 9.80 Å². The smallest absolute Gasteiger partial charge is 0.320 e. The zero-order valence-corrected chi connectivity index (χ0v) is 13.8. The molecule has 2 atom stereocenters. The van der Waals surface area contributed by atoms with Crippen molar-refractivity contribution in [3.05, 3.63) is 20.8 Å². The van der Waals surface area contributed by atoms with Crippen molar-refractivity contribution in [2.45, 2.75) is 13.5 Å². The highest BCUT2D eigenvalue weighted by Crippen LogP contribution is 2.25. The number of halogens is 1. The predicted molar refractivity (Wildman–Crippen MR) is 80.7 cm³/mol. The van der Waals surface area contributed by atoms with Crippen molar-refractivity contribution in [1.29, 1.82) is 0 Å². The Hall–Kier alpha value is -1.08. The Labute approximate surface area is 130 Å². The van der Waals surface area contributed by atoms with E-state index in [2.05, 4.69) is 15.9 Å². The molecule has 0 saturated carbocycles. The number of thiophene rings is 1. The van der Waals surface area contributed by atoms with E-state index in [1.807, 2.05) is 18.4 Å². The molecule has 2 amide bonds. The number of nitrogens with zero attached hydrogens (tertiary/aromatic N) is 2. The van der Waals surface area contributed by atoms with Gasteiger partial charge in [0, 0.05) is 34.9 Å². The van der Waals surface area contributed by atoms with Gasteiger partial charge in [0.2, 0.25) is 0 Å². The quantitative estimate of drug-likeness (QED) is 0.901. The van der Waals surface area contributed by atoms with Gasteiger partial charge in [0.25, 0.3) is 0 Å². The molecule has 1 aliphatic heterocycles. The fourth-order valence-corrected chi connectivity index (χ4v) is 3.93. The Morgan fingerprint density at radius 1 is 1.55 bits per heavy atom. The fourth-order valence-electron chi connectivity index (χ4n) is 2.42. The summed E-state index contributed by atoms with van der Waals surface area (Å²) in [6.45, 7) is 3.22. The first-order valence-electron chi connectivity index (χ1n) is 6.34. The highest BCUT2D eigenvalue weighted by Gasteiger charge is 2.37. The lowest BCUT2D eigenvalue weighted by Gasteiger charge is -2.24.